The zero-order valence-electron chi connectivity index (χ0n) is 7.95. The minimum absolute atomic E-state index is 0.299. The van der Waals surface area contributed by atoms with Gasteiger partial charge in [-0.3, -0.25) is 0 Å². The lowest BCUT2D eigenvalue weighted by atomic mass is 10.1. The second-order valence-electron chi connectivity index (χ2n) is 2.75. The summed E-state index contributed by atoms with van der Waals surface area (Å²) in [4.78, 5) is 11.2. The summed E-state index contributed by atoms with van der Waals surface area (Å²) in [6, 6.07) is 4.87. The first-order valence-corrected chi connectivity index (χ1v) is 4.85. The maximum atomic E-state index is 11.2. The molecule has 0 heterocycles. The maximum absolute atomic E-state index is 11.2. The van der Waals surface area contributed by atoms with Crippen LogP contribution in [0.4, 0.5) is 0 Å². The number of carbonyl (C=O) groups is 1. The predicted molar refractivity (Wildman–Crippen MR) is 56.1 cm³/mol. The normalized spacial score (nSPS) is 9.47. The van der Waals surface area contributed by atoms with Gasteiger partial charge in [-0.15, -0.1) is 0 Å². The smallest absolute Gasteiger partial charge is 0.337 e. The van der Waals surface area contributed by atoms with Crippen LogP contribution >= 0.6 is 15.9 Å². The van der Waals surface area contributed by atoms with Crippen LogP contribution in [0.25, 0.3) is 0 Å². The van der Waals surface area contributed by atoms with Gasteiger partial charge in [0.15, 0.2) is 0 Å². The van der Waals surface area contributed by atoms with Crippen LogP contribution in [-0.2, 0) is 11.3 Å². The van der Waals surface area contributed by atoms with E-state index < -0.39 is 5.97 Å². The fourth-order valence-corrected chi connectivity index (χ4v) is 1.74. The van der Waals surface area contributed by atoms with E-state index in [9.17, 15) is 4.79 Å². The standard InChI is InChI=1S/C10H8BrNO3/c1-15-10(14)6-2-7(5-13)8(4-12)9(11)3-6/h2-3,13H,5H2,1H3. The molecule has 0 aliphatic heterocycles. The minimum atomic E-state index is -0.505. The summed E-state index contributed by atoms with van der Waals surface area (Å²) >= 11 is 3.16. The Hall–Kier alpha value is -1.38. The van der Waals surface area contributed by atoms with E-state index in [0.717, 1.165) is 0 Å². The van der Waals surface area contributed by atoms with Gasteiger partial charge >= 0.3 is 5.97 Å². The highest BCUT2D eigenvalue weighted by Crippen LogP contribution is 2.23. The number of halogens is 1. The molecule has 0 spiro atoms. The van der Waals surface area contributed by atoms with E-state index in [4.69, 9.17) is 10.4 Å². The van der Waals surface area contributed by atoms with Crippen molar-refractivity contribution in [1.82, 2.24) is 0 Å². The molecule has 0 atom stereocenters. The quantitative estimate of drug-likeness (QED) is 0.828. The SMILES string of the molecule is COC(=O)c1cc(Br)c(C#N)c(CO)c1. The molecule has 1 rings (SSSR count). The van der Waals surface area contributed by atoms with Gasteiger partial charge in [0.05, 0.1) is 24.8 Å². The molecule has 15 heavy (non-hydrogen) atoms. The first-order valence-electron chi connectivity index (χ1n) is 4.05. The Labute approximate surface area is 95.2 Å². The van der Waals surface area contributed by atoms with Crippen molar-refractivity contribution >= 4 is 21.9 Å². The molecule has 0 saturated carbocycles. The van der Waals surface area contributed by atoms with Gasteiger partial charge in [0.1, 0.15) is 6.07 Å². The van der Waals surface area contributed by atoms with Crippen molar-refractivity contribution in [2.45, 2.75) is 6.61 Å². The molecule has 0 unspecified atom stereocenters. The van der Waals surface area contributed by atoms with Gasteiger partial charge in [0, 0.05) is 4.47 Å². The van der Waals surface area contributed by atoms with Crippen molar-refractivity contribution < 1.29 is 14.6 Å². The summed E-state index contributed by atoms with van der Waals surface area (Å²) in [7, 11) is 1.27. The lowest BCUT2D eigenvalue weighted by Crippen LogP contribution is -2.04. The van der Waals surface area contributed by atoms with E-state index in [1.165, 1.54) is 19.2 Å². The molecular weight excluding hydrogens is 262 g/mol. The zero-order chi connectivity index (χ0) is 11.4. The number of ether oxygens (including phenoxy) is 1. The molecule has 5 heteroatoms. The lowest BCUT2D eigenvalue weighted by Gasteiger charge is -2.06. The number of hydrogen-bond donors (Lipinski definition) is 1. The van der Waals surface area contributed by atoms with Crippen molar-refractivity contribution in [3.05, 3.63) is 33.3 Å². The van der Waals surface area contributed by atoms with E-state index in [2.05, 4.69) is 20.7 Å². The summed E-state index contributed by atoms with van der Waals surface area (Å²) in [5.74, 6) is -0.505. The van der Waals surface area contributed by atoms with E-state index in [0.29, 0.717) is 21.2 Å². The Morgan fingerprint density at radius 1 is 1.67 bits per heavy atom. The van der Waals surface area contributed by atoms with Crippen LogP contribution in [0.3, 0.4) is 0 Å². The zero-order valence-corrected chi connectivity index (χ0v) is 9.54. The minimum Gasteiger partial charge on any atom is -0.465 e. The number of nitrogens with zero attached hydrogens (tertiary/aromatic N) is 1. The molecule has 0 radical (unpaired) electrons. The third-order valence-electron chi connectivity index (χ3n) is 1.88. The summed E-state index contributed by atoms with van der Waals surface area (Å²) in [5.41, 5.74) is 1.02. The van der Waals surface area contributed by atoms with Gasteiger partial charge in [-0.05, 0) is 33.6 Å². The van der Waals surface area contributed by atoms with Gasteiger partial charge in [0.2, 0.25) is 0 Å². The highest BCUT2D eigenvalue weighted by atomic mass is 79.9. The molecule has 1 aromatic rings. The van der Waals surface area contributed by atoms with Crippen molar-refractivity contribution in [3.8, 4) is 6.07 Å². The van der Waals surface area contributed by atoms with Gasteiger partial charge in [-0.1, -0.05) is 0 Å². The number of esters is 1. The molecule has 1 N–H and O–H groups in total. The molecule has 0 bridgehead atoms. The fraction of sp³-hybridized carbons (Fsp3) is 0.200. The number of hydrogen-bond acceptors (Lipinski definition) is 4. The highest BCUT2D eigenvalue weighted by molar-refractivity contribution is 9.10. The molecule has 78 valence electrons. The van der Waals surface area contributed by atoms with E-state index in [1.807, 2.05) is 6.07 Å². The Morgan fingerprint density at radius 3 is 2.80 bits per heavy atom. The summed E-state index contributed by atoms with van der Waals surface area (Å²) in [6.45, 7) is -0.299. The molecular formula is C10H8BrNO3. The Balaban J connectivity index is 3.33. The molecule has 0 saturated heterocycles. The van der Waals surface area contributed by atoms with Crippen molar-refractivity contribution in [2.75, 3.05) is 7.11 Å². The van der Waals surface area contributed by atoms with Crippen LogP contribution in [0.2, 0.25) is 0 Å². The number of rotatable bonds is 2. The van der Waals surface area contributed by atoms with Crippen molar-refractivity contribution in [3.63, 3.8) is 0 Å². The predicted octanol–water partition coefficient (Wildman–Crippen LogP) is 1.60. The van der Waals surface area contributed by atoms with Crippen LogP contribution in [0.15, 0.2) is 16.6 Å². The molecule has 0 aromatic heterocycles. The Morgan fingerprint density at radius 2 is 2.33 bits per heavy atom. The lowest BCUT2D eigenvalue weighted by molar-refractivity contribution is 0.0600. The largest absolute Gasteiger partial charge is 0.465 e. The van der Waals surface area contributed by atoms with E-state index >= 15 is 0 Å². The van der Waals surface area contributed by atoms with Gasteiger partial charge in [-0.25, -0.2) is 4.79 Å². The maximum Gasteiger partial charge on any atom is 0.337 e. The Bertz CT molecular complexity index is 437. The number of aliphatic hydroxyl groups is 1. The second kappa shape index (κ2) is 4.91. The van der Waals surface area contributed by atoms with Gasteiger partial charge in [-0.2, -0.15) is 5.26 Å². The third-order valence-corrected chi connectivity index (χ3v) is 2.50. The molecule has 4 nitrogen and oxygen atoms in total. The molecule has 0 aliphatic rings. The molecule has 0 fully saturated rings. The van der Waals surface area contributed by atoms with Crippen molar-refractivity contribution in [1.29, 1.82) is 5.26 Å². The Kier molecular flexibility index (Phi) is 3.83. The summed E-state index contributed by atoms with van der Waals surface area (Å²) < 4.78 is 5.01. The monoisotopic (exact) mass is 269 g/mol. The first kappa shape index (κ1) is 11.7. The van der Waals surface area contributed by atoms with Crippen LogP contribution in [0.1, 0.15) is 21.5 Å². The van der Waals surface area contributed by atoms with Crippen LogP contribution in [0, 0.1) is 11.3 Å². The van der Waals surface area contributed by atoms with Gasteiger partial charge < -0.3 is 9.84 Å². The van der Waals surface area contributed by atoms with Crippen LogP contribution in [-0.4, -0.2) is 18.2 Å². The number of aliphatic hydroxyl groups excluding tert-OH is 1. The summed E-state index contributed by atoms with van der Waals surface area (Å²) in [6.07, 6.45) is 0. The highest BCUT2D eigenvalue weighted by Gasteiger charge is 2.13. The fourth-order valence-electron chi connectivity index (χ4n) is 1.15. The molecule has 0 aliphatic carbocycles. The first-order chi connectivity index (χ1) is 7.13. The topological polar surface area (TPSA) is 70.3 Å². The molecule has 0 amide bonds. The summed E-state index contributed by atoms with van der Waals surface area (Å²) in [5, 5.41) is 17.8. The number of methoxy groups -OCH3 is 1. The van der Waals surface area contributed by atoms with Crippen LogP contribution in [0.5, 0.6) is 0 Å². The van der Waals surface area contributed by atoms with Crippen LogP contribution < -0.4 is 0 Å². The van der Waals surface area contributed by atoms with Crippen molar-refractivity contribution in [2.24, 2.45) is 0 Å². The van der Waals surface area contributed by atoms with Gasteiger partial charge in [0.25, 0.3) is 0 Å². The number of carbonyl (C=O) groups excluding carboxylic acids is 1. The van der Waals surface area contributed by atoms with E-state index in [-0.39, 0.29) is 6.61 Å². The number of benzene rings is 1. The third kappa shape index (κ3) is 2.35. The average Bonchev–Trinajstić information content (AvgIpc) is 2.26. The second-order valence-corrected chi connectivity index (χ2v) is 3.61. The average molecular weight is 270 g/mol. The van der Waals surface area contributed by atoms with E-state index in [1.54, 1.807) is 0 Å². The molecule has 1 aromatic carbocycles. The number of nitriles is 1.